The van der Waals surface area contributed by atoms with Crippen molar-refractivity contribution >= 4 is 27.1 Å². The van der Waals surface area contributed by atoms with E-state index in [4.69, 9.17) is 0 Å². The average molecular weight is 541 g/mol. The molecule has 2 aromatic rings. The molecule has 2 aliphatic rings. The van der Waals surface area contributed by atoms with Crippen LogP contribution < -0.4 is 15.5 Å². The minimum absolute atomic E-state index is 0.219. The summed E-state index contributed by atoms with van der Waals surface area (Å²) in [5.74, 6) is 0.254. The second-order valence-corrected chi connectivity index (χ2v) is 12.7. The van der Waals surface area contributed by atoms with E-state index in [9.17, 15) is 13.2 Å². The quantitative estimate of drug-likeness (QED) is 0.373. The molecule has 2 heterocycles. The molecule has 0 unspecified atom stereocenters. The highest BCUT2D eigenvalue weighted by Crippen LogP contribution is 2.36. The minimum atomic E-state index is -3.54. The smallest absolute Gasteiger partial charge is 0.253 e. The zero-order chi connectivity index (χ0) is 27.0. The van der Waals surface area contributed by atoms with Gasteiger partial charge in [-0.15, -0.1) is 0 Å². The summed E-state index contributed by atoms with van der Waals surface area (Å²) >= 11 is 0. The molecule has 0 aliphatic carbocycles. The van der Waals surface area contributed by atoms with Crippen LogP contribution in [0.2, 0.25) is 0 Å². The molecule has 1 amide bonds. The van der Waals surface area contributed by atoms with Crippen molar-refractivity contribution in [3.63, 3.8) is 0 Å². The summed E-state index contributed by atoms with van der Waals surface area (Å²) in [6, 6.07) is 14.1. The zero-order valence-electron chi connectivity index (χ0n) is 23.0. The van der Waals surface area contributed by atoms with Gasteiger partial charge in [-0.2, -0.15) is 0 Å². The van der Waals surface area contributed by atoms with E-state index < -0.39 is 9.84 Å². The maximum Gasteiger partial charge on any atom is 0.253 e. The van der Waals surface area contributed by atoms with E-state index in [1.807, 2.05) is 12.1 Å². The predicted molar refractivity (Wildman–Crippen MR) is 156 cm³/mol. The number of benzene rings is 2. The van der Waals surface area contributed by atoms with Crippen molar-refractivity contribution in [2.24, 2.45) is 0 Å². The van der Waals surface area contributed by atoms with Gasteiger partial charge >= 0.3 is 0 Å². The number of unbranched alkanes of at least 4 members (excludes halogenated alkanes) is 2. The number of carbonyl (C=O) groups is 1. The van der Waals surface area contributed by atoms with Gasteiger partial charge in [-0.05, 0) is 68.8 Å². The van der Waals surface area contributed by atoms with Crippen LogP contribution in [0.5, 0.6) is 0 Å². The van der Waals surface area contributed by atoms with Crippen LogP contribution in [-0.4, -0.2) is 71.3 Å². The fourth-order valence-electron chi connectivity index (χ4n) is 5.65. The molecule has 2 fully saturated rings. The standard InChI is InChI=1S/C30H44N4O3S/c1-3-4-8-15-32-30(35)26-22-29(38(2,36)37)28(23-27(26)31-16-21-33-17-9-10-18-33)34-19-13-25(14-20-34)24-11-6-5-7-12-24/h5-7,11-12,22-23,25,31H,3-4,8-10,13-21H2,1-2H3,(H,32,35). The largest absolute Gasteiger partial charge is 0.383 e. The Hall–Kier alpha value is -2.58. The number of anilines is 2. The highest BCUT2D eigenvalue weighted by Gasteiger charge is 2.27. The monoisotopic (exact) mass is 540 g/mol. The topological polar surface area (TPSA) is 81.8 Å². The van der Waals surface area contributed by atoms with Gasteiger partial charge in [0.15, 0.2) is 9.84 Å². The number of sulfone groups is 1. The van der Waals surface area contributed by atoms with Crippen molar-refractivity contribution in [3.8, 4) is 0 Å². The Bertz CT molecular complexity index is 1160. The van der Waals surface area contributed by atoms with Crippen molar-refractivity contribution in [1.82, 2.24) is 10.2 Å². The fourth-order valence-corrected chi connectivity index (χ4v) is 6.55. The Labute approximate surface area is 228 Å². The normalized spacial score (nSPS) is 17.1. The lowest BCUT2D eigenvalue weighted by molar-refractivity contribution is 0.0953. The number of hydrogen-bond acceptors (Lipinski definition) is 6. The van der Waals surface area contributed by atoms with Gasteiger partial charge in [0.1, 0.15) is 0 Å². The number of nitrogens with zero attached hydrogens (tertiary/aromatic N) is 2. The Balaban J connectivity index is 1.58. The zero-order valence-corrected chi connectivity index (χ0v) is 23.9. The summed E-state index contributed by atoms with van der Waals surface area (Å²) in [5.41, 5.74) is 3.16. The van der Waals surface area contributed by atoms with Gasteiger partial charge in [0.25, 0.3) is 5.91 Å². The van der Waals surface area contributed by atoms with Crippen LogP contribution in [0.4, 0.5) is 11.4 Å². The average Bonchev–Trinajstić information content (AvgIpc) is 3.44. The molecule has 2 N–H and O–H groups in total. The van der Waals surface area contributed by atoms with E-state index in [1.54, 1.807) is 6.07 Å². The lowest BCUT2D eigenvalue weighted by Gasteiger charge is -2.35. The molecule has 0 atom stereocenters. The van der Waals surface area contributed by atoms with Crippen LogP contribution in [-0.2, 0) is 9.84 Å². The van der Waals surface area contributed by atoms with Crippen molar-refractivity contribution in [1.29, 1.82) is 0 Å². The molecule has 2 saturated heterocycles. The molecule has 0 bridgehead atoms. The van der Waals surface area contributed by atoms with Crippen LogP contribution in [0, 0.1) is 0 Å². The van der Waals surface area contributed by atoms with Crippen LogP contribution in [0.3, 0.4) is 0 Å². The van der Waals surface area contributed by atoms with Crippen LogP contribution >= 0.6 is 0 Å². The fraction of sp³-hybridized carbons (Fsp3) is 0.567. The molecule has 7 nitrogen and oxygen atoms in total. The Morgan fingerprint density at radius 2 is 1.68 bits per heavy atom. The second-order valence-electron chi connectivity index (χ2n) is 10.7. The molecule has 208 valence electrons. The summed E-state index contributed by atoms with van der Waals surface area (Å²) in [5, 5.41) is 6.50. The maximum absolute atomic E-state index is 13.2. The van der Waals surface area contributed by atoms with Crippen LogP contribution in [0.1, 0.15) is 73.7 Å². The van der Waals surface area contributed by atoms with Gasteiger partial charge in [-0.1, -0.05) is 50.1 Å². The molecule has 0 aromatic heterocycles. The summed E-state index contributed by atoms with van der Waals surface area (Å²) in [6.45, 7) is 8.11. The van der Waals surface area contributed by atoms with Crippen molar-refractivity contribution in [2.45, 2.75) is 62.7 Å². The van der Waals surface area contributed by atoms with Gasteiger partial charge < -0.3 is 20.4 Å². The molecule has 38 heavy (non-hydrogen) atoms. The number of amides is 1. The van der Waals surface area contributed by atoms with E-state index in [1.165, 1.54) is 24.7 Å². The third-order valence-electron chi connectivity index (χ3n) is 7.86. The molecule has 0 spiro atoms. The van der Waals surface area contributed by atoms with Gasteiger partial charge in [0.2, 0.25) is 0 Å². The molecule has 0 saturated carbocycles. The van der Waals surface area contributed by atoms with E-state index in [-0.39, 0.29) is 10.8 Å². The minimum Gasteiger partial charge on any atom is -0.383 e. The third kappa shape index (κ3) is 7.50. The van der Waals surface area contributed by atoms with Gasteiger partial charge in [-0.25, -0.2) is 8.42 Å². The first-order valence-corrected chi connectivity index (χ1v) is 16.2. The molecule has 0 radical (unpaired) electrons. The van der Waals surface area contributed by atoms with E-state index in [2.05, 4.69) is 51.6 Å². The molecule has 4 rings (SSSR count). The van der Waals surface area contributed by atoms with E-state index in [0.29, 0.717) is 35.9 Å². The Kier molecular flexibility index (Phi) is 10.1. The summed E-state index contributed by atoms with van der Waals surface area (Å²) in [7, 11) is -3.54. The molecule has 8 heteroatoms. The highest BCUT2D eigenvalue weighted by atomic mass is 32.2. The number of nitrogens with one attached hydrogen (secondary N) is 2. The molecular weight excluding hydrogens is 496 g/mol. The third-order valence-corrected chi connectivity index (χ3v) is 8.98. The van der Waals surface area contributed by atoms with Crippen molar-refractivity contribution in [3.05, 3.63) is 53.6 Å². The first-order valence-electron chi connectivity index (χ1n) is 14.3. The van der Waals surface area contributed by atoms with Crippen LogP contribution in [0.15, 0.2) is 47.4 Å². The lowest BCUT2D eigenvalue weighted by Crippen LogP contribution is -2.34. The summed E-state index contributed by atoms with van der Waals surface area (Å²) in [6.07, 6.45) is 8.67. The van der Waals surface area contributed by atoms with Gasteiger partial charge in [0, 0.05) is 44.7 Å². The van der Waals surface area contributed by atoms with E-state index in [0.717, 1.165) is 64.8 Å². The molecule has 2 aromatic carbocycles. The van der Waals surface area contributed by atoms with Gasteiger partial charge in [-0.3, -0.25) is 4.79 Å². The summed E-state index contributed by atoms with van der Waals surface area (Å²) in [4.78, 5) is 18.1. The van der Waals surface area contributed by atoms with Crippen molar-refractivity contribution in [2.75, 3.05) is 62.3 Å². The molecule has 2 aliphatic heterocycles. The predicted octanol–water partition coefficient (Wildman–Crippen LogP) is 4.90. The lowest BCUT2D eigenvalue weighted by atomic mass is 9.89. The number of carbonyl (C=O) groups excluding carboxylic acids is 1. The van der Waals surface area contributed by atoms with Crippen LogP contribution in [0.25, 0.3) is 0 Å². The van der Waals surface area contributed by atoms with Gasteiger partial charge in [0.05, 0.1) is 16.1 Å². The first-order chi connectivity index (χ1) is 18.4. The number of likely N-dealkylation sites (tertiary alicyclic amines) is 1. The highest BCUT2D eigenvalue weighted by molar-refractivity contribution is 7.90. The summed E-state index contributed by atoms with van der Waals surface area (Å²) < 4.78 is 25.9. The number of piperidine rings is 1. The molecular formula is C30H44N4O3S. The SMILES string of the molecule is CCCCCNC(=O)c1cc(S(C)(=O)=O)c(N2CCC(c3ccccc3)CC2)cc1NCCN1CCCC1. The second kappa shape index (κ2) is 13.5. The number of hydrogen-bond donors (Lipinski definition) is 2. The van der Waals surface area contributed by atoms with E-state index >= 15 is 0 Å². The first kappa shape index (κ1) is 28.4. The Morgan fingerprint density at radius 3 is 2.34 bits per heavy atom. The maximum atomic E-state index is 13.2. The Morgan fingerprint density at radius 1 is 0.974 bits per heavy atom. The number of rotatable bonds is 12. The van der Waals surface area contributed by atoms with Crippen molar-refractivity contribution < 1.29 is 13.2 Å².